The maximum Gasteiger partial charge on any atom is 0.220 e. The molecular weight excluding hydrogens is 1060 g/mol. The van der Waals surface area contributed by atoms with Crippen LogP contribution < -0.4 is 5.32 Å². The Morgan fingerprint density at radius 2 is 0.805 bits per heavy atom. The average Bonchev–Trinajstić information content (AvgIpc) is 3.66. The van der Waals surface area contributed by atoms with E-state index in [9.17, 15) is 61.0 Å². The van der Waals surface area contributed by atoms with E-state index in [1.807, 2.05) is 6.08 Å². The summed E-state index contributed by atoms with van der Waals surface area (Å²) in [5.41, 5.74) is 0. The Kier molecular flexibility index (Phi) is 41.8. The van der Waals surface area contributed by atoms with Crippen LogP contribution in [0.15, 0.2) is 36.5 Å². The minimum atomic E-state index is -1.98. The van der Waals surface area contributed by atoms with Crippen molar-refractivity contribution in [1.29, 1.82) is 0 Å². The Labute approximate surface area is 491 Å². The molecule has 17 unspecified atom stereocenters. The summed E-state index contributed by atoms with van der Waals surface area (Å²) in [6.07, 6.45) is 24.5. The Morgan fingerprint density at radius 3 is 1.27 bits per heavy atom. The van der Waals surface area contributed by atoms with Gasteiger partial charge in [0.1, 0.15) is 73.2 Å². The van der Waals surface area contributed by atoms with E-state index < -0.39 is 124 Å². The summed E-state index contributed by atoms with van der Waals surface area (Å²) in [7, 11) is 0. The van der Waals surface area contributed by atoms with Crippen molar-refractivity contribution >= 4 is 5.91 Å². The van der Waals surface area contributed by atoms with Crippen molar-refractivity contribution in [2.75, 3.05) is 26.4 Å². The lowest BCUT2D eigenvalue weighted by molar-refractivity contribution is -0.379. The van der Waals surface area contributed by atoms with Crippen molar-refractivity contribution in [2.24, 2.45) is 0 Å². The molecule has 3 rings (SSSR count). The molecule has 3 heterocycles. The van der Waals surface area contributed by atoms with Gasteiger partial charge in [0.05, 0.1) is 38.6 Å². The third-order valence-corrected chi connectivity index (χ3v) is 16.1. The molecule has 1 amide bonds. The van der Waals surface area contributed by atoms with Gasteiger partial charge in [-0.05, 0) is 51.4 Å². The molecule has 3 aliphatic heterocycles. The van der Waals surface area contributed by atoms with Crippen molar-refractivity contribution in [1.82, 2.24) is 5.32 Å². The second-order valence-electron chi connectivity index (χ2n) is 23.2. The van der Waals surface area contributed by atoms with Crippen LogP contribution in [-0.2, 0) is 33.2 Å². The van der Waals surface area contributed by atoms with Crippen LogP contribution in [0.25, 0.3) is 0 Å². The van der Waals surface area contributed by atoms with Crippen LogP contribution in [0, 0.1) is 0 Å². The highest BCUT2D eigenvalue weighted by atomic mass is 16.8. The number of hydrogen-bond acceptors (Lipinski definition) is 18. The third kappa shape index (κ3) is 29.1. The van der Waals surface area contributed by atoms with Gasteiger partial charge in [-0.3, -0.25) is 4.79 Å². The molecule has 0 bridgehead atoms. The predicted molar refractivity (Wildman–Crippen MR) is 314 cm³/mol. The normalized spacial score (nSPS) is 29.8. The molecule has 19 nitrogen and oxygen atoms in total. The van der Waals surface area contributed by atoms with Gasteiger partial charge in [0, 0.05) is 6.42 Å². The highest BCUT2D eigenvalue weighted by Crippen LogP contribution is 2.33. The van der Waals surface area contributed by atoms with Crippen LogP contribution in [0.5, 0.6) is 0 Å². The van der Waals surface area contributed by atoms with Crippen LogP contribution in [0.1, 0.15) is 226 Å². The average molecular weight is 1170 g/mol. The molecule has 0 spiro atoms. The number of unbranched alkanes of at least 4 members (excludes halogenated alkanes) is 28. The molecule has 82 heavy (non-hydrogen) atoms. The zero-order chi connectivity index (χ0) is 59.7. The van der Waals surface area contributed by atoms with Crippen molar-refractivity contribution in [3.8, 4) is 0 Å². The first-order chi connectivity index (χ1) is 39.8. The molecule has 0 aromatic carbocycles. The summed E-state index contributed by atoms with van der Waals surface area (Å²) in [6.45, 7) is 1.63. The molecular formula is C63H115NO18. The topological polar surface area (TPSA) is 307 Å². The minimum Gasteiger partial charge on any atom is -0.394 e. The summed E-state index contributed by atoms with van der Waals surface area (Å²) in [5, 5.41) is 120. The van der Waals surface area contributed by atoms with E-state index in [4.69, 9.17) is 28.4 Å². The Hall–Kier alpha value is -1.99. The van der Waals surface area contributed by atoms with Gasteiger partial charge < -0.3 is 89.9 Å². The third-order valence-electron chi connectivity index (χ3n) is 16.1. The Balaban J connectivity index is 1.43. The summed E-state index contributed by atoms with van der Waals surface area (Å²) in [4.78, 5) is 13.3. The molecule has 19 heteroatoms. The SMILES string of the molecule is CCC/C=C\CCCCCCCC(=O)NC(COC1OC(CO)C(OC2OC(CO)C(OC3OC(CO)C(O)C(O)C3O)C(O)C2O)C(O)C1O)C(O)/C=C/CC/C=C/CCCCCCCCCCCCCCCCCCCCCCC. The molecule has 3 saturated heterocycles. The highest BCUT2D eigenvalue weighted by molar-refractivity contribution is 5.76. The maximum absolute atomic E-state index is 13.3. The van der Waals surface area contributed by atoms with Gasteiger partial charge in [-0.15, -0.1) is 0 Å². The minimum absolute atomic E-state index is 0.224. The van der Waals surface area contributed by atoms with E-state index in [2.05, 4.69) is 43.5 Å². The molecule has 0 saturated carbocycles. The van der Waals surface area contributed by atoms with Gasteiger partial charge in [-0.1, -0.05) is 204 Å². The number of amides is 1. The molecule has 3 fully saturated rings. The monoisotopic (exact) mass is 1170 g/mol. The first kappa shape index (κ1) is 74.3. The van der Waals surface area contributed by atoms with Crippen LogP contribution >= 0.6 is 0 Å². The lowest BCUT2D eigenvalue weighted by Gasteiger charge is -2.48. The number of nitrogens with one attached hydrogen (secondary N) is 1. The highest BCUT2D eigenvalue weighted by Gasteiger charge is 2.53. The number of carbonyl (C=O) groups excluding carboxylic acids is 1. The molecule has 0 radical (unpaired) electrons. The second-order valence-corrected chi connectivity index (χ2v) is 23.2. The van der Waals surface area contributed by atoms with Crippen molar-refractivity contribution in [3.63, 3.8) is 0 Å². The number of allylic oxidation sites excluding steroid dienone is 5. The molecule has 0 aromatic heterocycles. The van der Waals surface area contributed by atoms with Crippen LogP contribution in [-0.4, -0.2) is 193 Å². The largest absolute Gasteiger partial charge is 0.394 e. The fourth-order valence-corrected chi connectivity index (χ4v) is 10.9. The number of aliphatic hydroxyl groups excluding tert-OH is 11. The first-order valence-corrected chi connectivity index (χ1v) is 32.2. The lowest BCUT2D eigenvalue weighted by Crippen LogP contribution is -2.66. The van der Waals surface area contributed by atoms with Crippen molar-refractivity contribution in [2.45, 2.75) is 330 Å². The Bertz CT molecular complexity index is 1640. The molecule has 0 aliphatic carbocycles. The number of rotatable bonds is 48. The van der Waals surface area contributed by atoms with Gasteiger partial charge in [-0.2, -0.15) is 0 Å². The number of carbonyl (C=O) groups is 1. The van der Waals surface area contributed by atoms with E-state index in [-0.39, 0.29) is 18.9 Å². The molecule has 12 N–H and O–H groups in total. The van der Waals surface area contributed by atoms with E-state index in [0.29, 0.717) is 12.8 Å². The first-order valence-electron chi connectivity index (χ1n) is 32.2. The molecule has 17 atom stereocenters. The molecule has 0 aromatic rings. The van der Waals surface area contributed by atoms with Gasteiger partial charge >= 0.3 is 0 Å². The lowest BCUT2D eigenvalue weighted by atomic mass is 9.96. The van der Waals surface area contributed by atoms with E-state index >= 15 is 0 Å². The zero-order valence-electron chi connectivity index (χ0n) is 50.2. The number of aliphatic hydroxyl groups is 11. The van der Waals surface area contributed by atoms with Crippen molar-refractivity contribution < 1.29 is 89.4 Å². The van der Waals surface area contributed by atoms with E-state index in [1.54, 1.807) is 6.08 Å². The molecule has 480 valence electrons. The van der Waals surface area contributed by atoms with E-state index in [1.165, 1.54) is 128 Å². The summed E-state index contributed by atoms with van der Waals surface area (Å²) in [6, 6.07) is -0.992. The summed E-state index contributed by atoms with van der Waals surface area (Å²) < 4.78 is 34.2. The van der Waals surface area contributed by atoms with Gasteiger partial charge in [0.15, 0.2) is 18.9 Å². The van der Waals surface area contributed by atoms with Crippen LogP contribution in [0.2, 0.25) is 0 Å². The second kappa shape index (κ2) is 46.2. The number of ether oxygens (including phenoxy) is 6. The quantitative estimate of drug-likeness (QED) is 0.0218. The Morgan fingerprint density at radius 1 is 0.427 bits per heavy atom. The fraction of sp³-hybridized carbons (Fsp3) is 0.889. The van der Waals surface area contributed by atoms with Crippen LogP contribution in [0.4, 0.5) is 0 Å². The van der Waals surface area contributed by atoms with E-state index in [0.717, 1.165) is 64.2 Å². The maximum atomic E-state index is 13.3. The van der Waals surface area contributed by atoms with Crippen LogP contribution in [0.3, 0.4) is 0 Å². The van der Waals surface area contributed by atoms with Gasteiger partial charge in [0.2, 0.25) is 5.91 Å². The standard InChI is InChI=1S/C63H115NO18/c1-3-5-7-9-11-13-15-16-17-18-19-20-21-22-23-24-25-26-27-28-29-30-31-32-34-36-38-40-47(68)46(64-51(69)41-39-37-35-33-14-12-10-8-6-4-2)45-77-61-57(75)54(72)59(49(43-66)79-61)82-63-58(76)55(73)60(50(44-67)80-63)81-62-56(74)53(71)52(70)48(42-65)78-62/h8,10,31-32,38,40,46-50,52-63,65-68,70-76H,3-7,9,11-30,33-37,39,41-45H2,1-2H3,(H,64,69)/b10-8-,32-31+,40-38+. The smallest absolute Gasteiger partial charge is 0.220 e. The van der Waals surface area contributed by atoms with Gasteiger partial charge in [-0.25, -0.2) is 0 Å². The number of hydrogen-bond donors (Lipinski definition) is 12. The van der Waals surface area contributed by atoms with Crippen molar-refractivity contribution in [3.05, 3.63) is 36.5 Å². The summed E-state index contributed by atoms with van der Waals surface area (Å²) >= 11 is 0. The predicted octanol–water partition coefficient (Wildman–Crippen LogP) is 6.88. The zero-order valence-corrected chi connectivity index (χ0v) is 50.2. The fourth-order valence-electron chi connectivity index (χ4n) is 10.9. The molecule has 3 aliphatic rings. The summed E-state index contributed by atoms with van der Waals surface area (Å²) in [5.74, 6) is -0.297. The van der Waals surface area contributed by atoms with Gasteiger partial charge in [0.25, 0.3) is 0 Å².